The molecule has 0 saturated carbocycles. The summed E-state index contributed by atoms with van der Waals surface area (Å²) in [6, 6.07) is 12.5. The van der Waals surface area contributed by atoms with Gasteiger partial charge in [-0.3, -0.25) is 4.55 Å². The summed E-state index contributed by atoms with van der Waals surface area (Å²) >= 11 is 0. The molecule has 0 aliphatic carbocycles. The molecular weight excluding hydrogens is 266 g/mol. The molecule has 2 aromatic carbocycles. The van der Waals surface area contributed by atoms with Gasteiger partial charge >= 0.3 is 0 Å². The lowest BCUT2D eigenvalue weighted by Gasteiger charge is -1.96. The van der Waals surface area contributed by atoms with Crippen LogP contribution in [0.4, 0.5) is 17.1 Å². The average Bonchev–Trinajstić information content (AvgIpc) is 2.33. The Morgan fingerprint density at radius 2 is 1.26 bits per heavy atom. The highest BCUT2D eigenvalue weighted by atomic mass is 32.2. The first-order valence-electron chi connectivity index (χ1n) is 5.23. The Bertz CT molecular complexity index is 619. The summed E-state index contributed by atoms with van der Waals surface area (Å²) in [4.78, 5) is -0.183. The maximum Gasteiger partial charge on any atom is 0.294 e. The lowest BCUT2D eigenvalue weighted by Crippen LogP contribution is -1.98. The van der Waals surface area contributed by atoms with Gasteiger partial charge in [0.25, 0.3) is 10.1 Å². The van der Waals surface area contributed by atoms with Gasteiger partial charge in [-0.1, -0.05) is 6.07 Å². The Kier molecular flexibility index (Phi) is 4.74. The maximum atomic E-state index is 10.5. The predicted molar refractivity (Wildman–Crippen MR) is 75.9 cm³/mol. The molecule has 0 heterocycles. The van der Waals surface area contributed by atoms with Crippen LogP contribution in [-0.4, -0.2) is 13.0 Å². The molecule has 7 heteroatoms. The van der Waals surface area contributed by atoms with Crippen LogP contribution in [0, 0.1) is 0 Å². The van der Waals surface area contributed by atoms with Crippen LogP contribution in [0.25, 0.3) is 0 Å². The van der Waals surface area contributed by atoms with E-state index in [0.717, 1.165) is 11.4 Å². The number of hydrogen-bond donors (Lipinski definition) is 4. The molecule has 0 radical (unpaired) electrons. The van der Waals surface area contributed by atoms with Crippen molar-refractivity contribution in [1.29, 1.82) is 0 Å². The summed E-state index contributed by atoms with van der Waals surface area (Å²) in [6.07, 6.45) is 0. The minimum Gasteiger partial charge on any atom is -0.399 e. The van der Waals surface area contributed by atoms with Crippen LogP contribution in [0.5, 0.6) is 0 Å². The zero-order valence-corrected chi connectivity index (χ0v) is 10.8. The third kappa shape index (κ3) is 5.28. The van der Waals surface area contributed by atoms with Crippen molar-refractivity contribution in [3.63, 3.8) is 0 Å². The largest absolute Gasteiger partial charge is 0.399 e. The Balaban J connectivity index is 0.000000200. The zero-order valence-electron chi connectivity index (χ0n) is 10.0. The number of benzene rings is 2. The third-order valence-corrected chi connectivity index (χ3v) is 2.94. The fourth-order valence-electron chi connectivity index (χ4n) is 1.17. The van der Waals surface area contributed by atoms with Gasteiger partial charge in [0.15, 0.2) is 0 Å². The molecule has 7 N–H and O–H groups in total. The number of nitrogens with two attached hydrogens (primary N) is 3. The molecule has 6 nitrogen and oxygen atoms in total. The molecule has 0 amide bonds. The van der Waals surface area contributed by atoms with Gasteiger partial charge in [-0.15, -0.1) is 0 Å². The number of rotatable bonds is 1. The molecule has 0 aromatic heterocycles. The minimum atomic E-state index is -4.11. The zero-order chi connectivity index (χ0) is 14.5. The van der Waals surface area contributed by atoms with Crippen LogP contribution in [0.3, 0.4) is 0 Å². The monoisotopic (exact) mass is 281 g/mol. The molecule has 2 aromatic rings. The summed E-state index contributed by atoms with van der Waals surface area (Å²) < 4.78 is 29.5. The number of nitrogen functional groups attached to an aromatic ring is 3. The highest BCUT2D eigenvalue weighted by Gasteiger charge is 2.07. The second kappa shape index (κ2) is 6.07. The third-order valence-electron chi connectivity index (χ3n) is 2.09. The van der Waals surface area contributed by atoms with Crippen molar-refractivity contribution >= 4 is 27.2 Å². The molecule has 0 bridgehead atoms. The van der Waals surface area contributed by atoms with E-state index in [-0.39, 0.29) is 4.90 Å². The SMILES string of the molecule is Nc1ccc(N)cc1.Nc1cccc(S(=O)(=O)O)c1. The second-order valence-electron chi connectivity index (χ2n) is 3.71. The van der Waals surface area contributed by atoms with Crippen LogP contribution in [0.1, 0.15) is 0 Å². The molecular formula is C12H15N3O3S. The normalized spacial score (nSPS) is 10.4. The first-order chi connectivity index (χ1) is 8.79. The molecule has 19 heavy (non-hydrogen) atoms. The van der Waals surface area contributed by atoms with Crippen molar-refractivity contribution in [2.24, 2.45) is 0 Å². The van der Waals surface area contributed by atoms with Crippen LogP contribution < -0.4 is 17.2 Å². The van der Waals surface area contributed by atoms with Gasteiger partial charge in [-0.25, -0.2) is 0 Å². The van der Waals surface area contributed by atoms with Crippen LogP contribution in [0.2, 0.25) is 0 Å². The minimum absolute atomic E-state index is 0.183. The standard InChI is InChI=1S/C6H8N2.C6H7NO3S/c7-5-1-2-6(8)4-3-5;7-5-2-1-3-6(4-5)11(8,9)10/h1-4H,7-8H2;1-4H,7H2,(H,8,9,10). The van der Waals surface area contributed by atoms with Crippen LogP contribution in [-0.2, 0) is 10.1 Å². The lowest BCUT2D eigenvalue weighted by molar-refractivity contribution is 0.483. The summed E-state index contributed by atoms with van der Waals surface area (Å²) in [5.74, 6) is 0. The van der Waals surface area contributed by atoms with E-state index in [9.17, 15) is 8.42 Å². The number of hydrogen-bond acceptors (Lipinski definition) is 5. The first kappa shape index (κ1) is 14.8. The van der Waals surface area contributed by atoms with Crippen molar-refractivity contribution in [3.8, 4) is 0 Å². The predicted octanol–water partition coefficient (Wildman–Crippen LogP) is 1.37. The Morgan fingerprint density at radius 3 is 1.58 bits per heavy atom. The summed E-state index contributed by atoms with van der Waals surface area (Å²) in [7, 11) is -4.11. The first-order valence-corrected chi connectivity index (χ1v) is 6.67. The maximum absolute atomic E-state index is 10.5. The molecule has 0 atom stereocenters. The molecule has 0 aliphatic rings. The van der Waals surface area contributed by atoms with Gasteiger partial charge < -0.3 is 17.2 Å². The Hall–Kier alpha value is -2.25. The van der Waals surface area contributed by atoms with Crippen LogP contribution >= 0.6 is 0 Å². The van der Waals surface area contributed by atoms with Crippen molar-refractivity contribution < 1.29 is 13.0 Å². The van der Waals surface area contributed by atoms with Crippen molar-refractivity contribution in [2.75, 3.05) is 17.2 Å². The van der Waals surface area contributed by atoms with Gasteiger partial charge in [-0.05, 0) is 42.5 Å². The van der Waals surface area contributed by atoms with Crippen molar-refractivity contribution in [2.45, 2.75) is 4.90 Å². The van der Waals surface area contributed by atoms with E-state index in [1.807, 2.05) is 0 Å². The Morgan fingerprint density at radius 1 is 0.789 bits per heavy atom. The van der Waals surface area contributed by atoms with Crippen molar-refractivity contribution in [1.82, 2.24) is 0 Å². The van der Waals surface area contributed by atoms with E-state index < -0.39 is 10.1 Å². The highest BCUT2D eigenvalue weighted by molar-refractivity contribution is 7.85. The molecule has 0 saturated heterocycles. The topological polar surface area (TPSA) is 132 Å². The van der Waals surface area contributed by atoms with E-state index in [4.69, 9.17) is 21.8 Å². The molecule has 2 rings (SSSR count). The average molecular weight is 281 g/mol. The fourth-order valence-corrected chi connectivity index (χ4v) is 1.71. The highest BCUT2D eigenvalue weighted by Crippen LogP contribution is 2.11. The second-order valence-corrected chi connectivity index (χ2v) is 5.14. The molecule has 102 valence electrons. The Labute approximate surface area is 111 Å². The molecule has 0 spiro atoms. The van der Waals surface area contributed by atoms with Gasteiger partial charge in [-0.2, -0.15) is 8.42 Å². The summed E-state index contributed by atoms with van der Waals surface area (Å²) in [5, 5.41) is 0. The fraction of sp³-hybridized carbons (Fsp3) is 0. The quantitative estimate of drug-likeness (QED) is 0.461. The molecule has 0 fully saturated rings. The number of anilines is 3. The van der Waals surface area contributed by atoms with Crippen molar-refractivity contribution in [3.05, 3.63) is 48.5 Å². The smallest absolute Gasteiger partial charge is 0.294 e. The van der Waals surface area contributed by atoms with Gasteiger partial charge in [0.2, 0.25) is 0 Å². The van der Waals surface area contributed by atoms with E-state index in [1.165, 1.54) is 24.3 Å². The lowest BCUT2D eigenvalue weighted by atomic mass is 10.3. The molecule has 0 unspecified atom stereocenters. The van der Waals surface area contributed by atoms with E-state index in [1.54, 1.807) is 24.3 Å². The van der Waals surface area contributed by atoms with Gasteiger partial charge in [0.1, 0.15) is 0 Å². The van der Waals surface area contributed by atoms with Gasteiger partial charge in [0, 0.05) is 17.1 Å². The van der Waals surface area contributed by atoms with E-state index in [0.29, 0.717) is 5.69 Å². The summed E-state index contributed by atoms with van der Waals surface area (Å²) in [5.41, 5.74) is 17.8. The summed E-state index contributed by atoms with van der Waals surface area (Å²) in [6.45, 7) is 0. The van der Waals surface area contributed by atoms with Gasteiger partial charge in [0.05, 0.1) is 4.90 Å². The molecule has 0 aliphatic heterocycles. The van der Waals surface area contributed by atoms with E-state index in [2.05, 4.69) is 0 Å². The van der Waals surface area contributed by atoms with E-state index >= 15 is 0 Å². The van der Waals surface area contributed by atoms with Crippen LogP contribution in [0.15, 0.2) is 53.4 Å².